The van der Waals surface area contributed by atoms with Gasteiger partial charge in [-0.1, -0.05) is 60.7 Å². The van der Waals surface area contributed by atoms with E-state index in [-0.39, 0.29) is 18.2 Å². The van der Waals surface area contributed by atoms with Crippen molar-refractivity contribution in [3.63, 3.8) is 0 Å². The molecule has 3 amide bonds. The predicted octanol–water partition coefficient (Wildman–Crippen LogP) is 4.35. The van der Waals surface area contributed by atoms with Gasteiger partial charge in [0.2, 0.25) is 0 Å². The Labute approximate surface area is 184 Å². The first-order valence-electron chi connectivity index (χ1n) is 11.0. The molecule has 0 radical (unpaired) electrons. The number of hydrogen-bond donors (Lipinski definition) is 1. The highest BCUT2D eigenvalue weighted by atomic mass is 16.6. The van der Waals surface area contributed by atoms with Gasteiger partial charge in [-0.3, -0.25) is 0 Å². The molecule has 164 valence electrons. The van der Waals surface area contributed by atoms with Gasteiger partial charge < -0.3 is 19.9 Å². The van der Waals surface area contributed by atoms with E-state index in [1.54, 1.807) is 4.90 Å². The number of hydrogen-bond acceptors (Lipinski definition) is 3. The van der Waals surface area contributed by atoms with E-state index in [0.717, 1.165) is 24.0 Å². The summed E-state index contributed by atoms with van der Waals surface area (Å²) in [5, 5.41) is 3.28. The highest BCUT2D eigenvalue weighted by molar-refractivity contribution is 5.80. The minimum atomic E-state index is -0.617. The van der Waals surface area contributed by atoms with Crippen LogP contribution in [0, 0.1) is 0 Å². The first-order valence-corrected chi connectivity index (χ1v) is 11.0. The van der Waals surface area contributed by atoms with Gasteiger partial charge in [0, 0.05) is 13.1 Å². The number of likely N-dealkylation sites (tertiary alicyclic amines) is 1. The molecule has 2 fully saturated rings. The molecule has 31 heavy (non-hydrogen) atoms. The van der Waals surface area contributed by atoms with Gasteiger partial charge in [-0.2, -0.15) is 0 Å². The fourth-order valence-corrected chi connectivity index (χ4v) is 4.56. The molecule has 6 nitrogen and oxygen atoms in total. The van der Waals surface area contributed by atoms with Crippen LogP contribution in [0.5, 0.6) is 0 Å². The zero-order valence-corrected chi connectivity index (χ0v) is 18.5. The number of nitrogens with zero attached hydrogens (tertiary/aromatic N) is 2. The van der Waals surface area contributed by atoms with Gasteiger partial charge in [0.1, 0.15) is 11.1 Å². The van der Waals surface area contributed by atoms with Crippen LogP contribution in [0.4, 0.5) is 9.59 Å². The van der Waals surface area contributed by atoms with Crippen molar-refractivity contribution in [3.8, 4) is 0 Å². The van der Waals surface area contributed by atoms with E-state index in [2.05, 4.69) is 29.6 Å². The van der Waals surface area contributed by atoms with Crippen molar-refractivity contribution in [2.75, 3.05) is 19.6 Å². The highest BCUT2D eigenvalue weighted by Crippen LogP contribution is 2.36. The molecule has 1 N–H and O–H groups in total. The molecule has 2 heterocycles. The summed E-state index contributed by atoms with van der Waals surface area (Å²) >= 11 is 0. The summed E-state index contributed by atoms with van der Waals surface area (Å²) in [5.41, 5.74) is 0.951. The van der Waals surface area contributed by atoms with Gasteiger partial charge in [0.15, 0.2) is 0 Å². The zero-order chi connectivity index (χ0) is 22.1. The maximum absolute atomic E-state index is 13.2. The molecule has 1 atom stereocenters. The Morgan fingerprint density at radius 2 is 1.61 bits per heavy atom. The Hall–Kier alpha value is -3.02. The lowest BCUT2D eigenvalue weighted by Crippen LogP contribution is -2.51. The van der Waals surface area contributed by atoms with E-state index < -0.39 is 11.1 Å². The van der Waals surface area contributed by atoms with Crippen molar-refractivity contribution >= 4 is 12.1 Å². The first kappa shape index (κ1) is 21.2. The van der Waals surface area contributed by atoms with Crippen LogP contribution in [0.15, 0.2) is 60.7 Å². The summed E-state index contributed by atoms with van der Waals surface area (Å²) < 4.78 is 5.56. The van der Waals surface area contributed by atoms with Gasteiger partial charge in [-0.25, -0.2) is 9.59 Å². The third-order valence-electron chi connectivity index (χ3n) is 6.01. The first-order chi connectivity index (χ1) is 14.8. The monoisotopic (exact) mass is 421 g/mol. The lowest BCUT2D eigenvalue weighted by atomic mass is 9.83. The normalized spacial score (nSPS) is 21.0. The average molecular weight is 422 g/mol. The molecule has 0 spiro atoms. The average Bonchev–Trinajstić information content (AvgIpc) is 3.12. The third kappa shape index (κ3) is 4.38. The van der Waals surface area contributed by atoms with Crippen LogP contribution in [-0.4, -0.2) is 53.2 Å². The van der Waals surface area contributed by atoms with Gasteiger partial charge in [-0.15, -0.1) is 0 Å². The van der Waals surface area contributed by atoms with E-state index in [4.69, 9.17) is 4.74 Å². The Bertz CT molecular complexity index is 885. The van der Waals surface area contributed by atoms with Crippen molar-refractivity contribution in [1.29, 1.82) is 0 Å². The van der Waals surface area contributed by atoms with E-state index in [1.165, 1.54) is 0 Å². The third-order valence-corrected chi connectivity index (χ3v) is 6.01. The lowest BCUT2D eigenvalue weighted by Gasteiger charge is -2.38. The summed E-state index contributed by atoms with van der Waals surface area (Å²) in [5.74, 6) is 0. The number of rotatable bonds is 3. The van der Waals surface area contributed by atoms with Crippen LogP contribution in [0.2, 0.25) is 0 Å². The quantitative estimate of drug-likeness (QED) is 0.801. The molecule has 2 aromatic rings. The van der Waals surface area contributed by atoms with E-state index in [1.807, 2.05) is 62.1 Å². The highest BCUT2D eigenvalue weighted by Gasteiger charge is 2.48. The molecule has 6 heteroatoms. The van der Waals surface area contributed by atoms with Crippen LogP contribution in [0.3, 0.4) is 0 Å². The number of carbonyl (C=O) groups is 2. The van der Waals surface area contributed by atoms with Crippen molar-refractivity contribution in [2.24, 2.45) is 0 Å². The summed E-state index contributed by atoms with van der Waals surface area (Å²) in [6.07, 6.45) is 1.40. The summed E-state index contributed by atoms with van der Waals surface area (Å²) in [4.78, 5) is 29.5. The fraction of sp³-hybridized carbons (Fsp3) is 0.440. The topological polar surface area (TPSA) is 61.9 Å². The molecule has 2 aromatic carbocycles. The number of urea groups is 1. The second-order valence-electron chi connectivity index (χ2n) is 9.42. The molecule has 0 saturated carbocycles. The lowest BCUT2D eigenvalue weighted by molar-refractivity contribution is 0.0140. The van der Waals surface area contributed by atoms with Crippen molar-refractivity contribution in [3.05, 3.63) is 71.8 Å². The molecule has 0 unspecified atom stereocenters. The second-order valence-corrected chi connectivity index (χ2v) is 9.42. The van der Waals surface area contributed by atoms with Gasteiger partial charge in [-0.05, 0) is 44.7 Å². The van der Waals surface area contributed by atoms with Gasteiger partial charge >= 0.3 is 12.1 Å². The number of piperidine rings is 1. The largest absolute Gasteiger partial charge is 0.444 e. The molecule has 4 rings (SSSR count). The zero-order valence-electron chi connectivity index (χ0n) is 18.5. The fourth-order valence-electron chi connectivity index (χ4n) is 4.56. The van der Waals surface area contributed by atoms with E-state index in [9.17, 15) is 9.59 Å². The number of amides is 3. The molecular formula is C25H31N3O3. The molecular weight excluding hydrogens is 390 g/mol. The standard InChI is InChI=1S/C25H31N3O3/c1-24(2,3)31-23(30)27-16-10-15-21(17-27)28-18-25(26-22(28)29,19-11-6-4-7-12-19)20-13-8-5-9-14-20/h4-9,11-14,21H,10,15-18H2,1-3H3,(H,26,29)/t21-/m0/s1. The molecule has 2 aliphatic rings. The Morgan fingerprint density at radius 3 is 2.16 bits per heavy atom. The molecule has 2 aliphatic heterocycles. The van der Waals surface area contributed by atoms with Gasteiger partial charge in [0.25, 0.3) is 0 Å². The minimum absolute atomic E-state index is 0.0458. The molecule has 2 saturated heterocycles. The van der Waals surface area contributed by atoms with Crippen LogP contribution >= 0.6 is 0 Å². The Balaban J connectivity index is 1.59. The number of carbonyl (C=O) groups excluding carboxylic acids is 2. The van der Waals surface area contributed by atoms with Crippen LogP contribution < -0.4 is 5.32 Å². The smallest absolute Gasteiger partial charge is 0.410 e. The number of benzene rings is 2. The maximum atomic E-state index is 13.2. The number of nitrogens with one attached hydrogen (secondary N) is 1. The number of ether oxygens (including phenoxy) is 1. The predicted molar refractivity (Wildman–Crippen MR) is 120 cm³/mol. The summed E-state index contributed by atoms with van der Waals surface area (Å²) in [6, 6.07) is 20.1. The van der Waals surface area contributed by atoms with Gasteiger partial charge in [0.05, 0.1) is 12.6 Å². The molecule has 0 aliphatic carbocycles. The summed E-state index contributed by atoms with van der Waals surface area (Å²) in [6.45, 7) is 7.27. The van der Waals surface area contributed by atoms with E-state index in [0.29, 0.717) is 19.6 Å². The Kier molecular flexibility index (Phi) is 5.65. The van der Waals surface area contributed by atoms with Crippen molar-refractivity contribution in [2.45, 2.75) is 50.8 Å². The van der Waals surface area contributed by atoms with Crippen LogP contribution in [0.1, 0.15) is 44.7 Å². The Morgan fingerprint density at radius 1 is 1.03 bits per heavy atom. The maximum Gasteiger partial charge on any atom is 0.410 e. The molecule has 0 bridgehead atoms. The second kappa shape index (κ2) is 8.25. The minimum Gasteiger partial charge on any atom is -0.444 e. The summed E-state index contributed by atoms with van der Waals surface area (Å²) in [7, 11) is 0. The van der Waals surface area contributed by atoms with Crippen LogP contribution in [-0.2, 0) is 10.3 Å². The van der Waals surface area contributed by atoms with Crippen molar-refractivity contribution < 1.29 is 14.3 Å². The van der Waals surface area contributed by atoms with Crippen LogP contribution in [0.25, 0.3) is 0 Å². The molecule has 0 aromatic heterocycles. The van der Waals surface area contributed by atoms with E-state index >= 15 is 0 Å². The van der Waals surface area contributed by atoms with Crippen molar-refractivity contribution in [1.82, 2.24) is 15.1 Å². The SMILES string of the molecule is CC(C)(C)OC(=O)N1CCC[C@H](N2CC(c3ccccc3)(c3ccccc3)NC2=O)C1.